The van der Waals surface area contributed by atoms with Crippen LogP contribution in [0.3, 0.4) is 0 Å². The summed E-state index contributed by atoms with van der Waals surface area (Å²) in [6.45, 7) is 0. The highest BCUT2D eigenvalue weighted by Crippen LogP contribution is 2.64. The zero-order valence-electron chi connectivity index (χ0n) is 11.5. The Morgan fingerprint density at radius 2 is 1.40 bits per heavy atom. The average molecular weight is 327 g/mol. The number of fused-ring (bicyclic) bond motifs is 1. The summed E-state index contributed by atoms with van der Waals surface area (Å²) in [4.78, 5) is 0.558. The van der Waals surface area contributed by atoms with E-state index in [-0.39, 0.29) is 0 Å². The van der Waals surface area contributed by atoms with Gasteiger partial charge in [0.05, 0.1) is 0 Å². The largest absolute Gasteiger partial charge is 0.0836 e. The maximum atomic E-state index is 3.95. The molecule has 2 aliphatic carbocycles. The SMILES string of the molecule is BrC(c1ccc(-c2ccccc2)cc1)C1C2CCCC21. The van der Waals surface area contributed by atoms with Crippen LogP contribution in [0.4, 0.5) is 0 Å². The van der Waals surface area contributed by atoms with E-state index in [1.807, 2.05) is 0 Å². The van der Waals surface area contributed by atoms with Crippen molar-refractivity contribution in [2.75, 3.05) is 0 Å². The highest BCUT2D eigenvalue weighted by molar-refractivity contribution is 9.09. The van der Waals surface area contributed by atoms with Crippen LogP contribution in [0.15, 0.2) is 54.6 Å². The van der Waals surface area contributed by atoms with Crippen LogP contribution in [0.2, 0.25) is 0 Å². The van der Waals surface area contributed by atoms with Crippen molar-refractivity contribution in [3.05, 3.63) is 60.2 Å². The topological polar surface area (TPSA) is 0 Å². The van der Waals surface area contributed by atoms with Gasteiger partial charge >= 0.3 is 0 Å². The van der Waals surface area contributed by atoms with Crippen molar-refractivity contribution < 1.29 is 0 Å². The first-order valence-electron chi connectivity index (χ1n) is 7.64. The summed E-state index contributed by atoms with van der Waals surface area (Å²) < 4.78 is 0. The Hall–Kier alpha value is -1.08. The summed E-state index contributed by atoms with van der Waals surface area (Å²) in [5.74, 6) is 2.91. The van der Waals surface area contributed by atoms with Crippen molar-refractivity contribution in [1.82, 2.24) is 0 Å². The second-order valence-corrected chi connectivity index (χ2v) is 7.21. The minimum atomic E-state index is 0.558. The van der Waals surface area contributed by atoms with E-state index in [1.165, 1.54) is 36.0 Å². The molecular formula is C19H19Br. The van der Waals surface area contributed by atoms with Crippen LogP contribution in [0.25, 0.3) is 11.1 Å². The predicted octanol–water partition coefficient (Wildman–Crippen LogP) is 5.84. The molecule has 2 aliphatic rings. The van der Waals surface area contributed by atoms with Crippen molar-refractivity contribution in [1.29, 1.82) is 0 Å². The van der Waals surface area contributed by atoms with Crippen molar-refractivity contribution in [3.63, 3.8) is 0 Å². The van der Waals surface area contributed by atoms with E-state index >= 15 is 0 Å². The molecule has 0 amide bonds. The molecule has 0 bridgehead atoms. The van der Waals surface area contributed by atoms with Gasteiger partial charge in [0, 0.05) is 4.83 Å². The molecule has 0 aliphatic heterocycles. The lowest BCUT2D eigenvalue weighted by Gasteiger charge is -2.13. The van der Waals surface area contributed by atoms with Crippen molar-refractivity contribution in [2.45, 2.75) is 24.1 Å². The van der Waals surface area contributed by atoms with Gasteiger partial charge in [-0.25, -0.2) is 0 Å². The minimum Gasteiger partial charge on any atom is -0.0836 e. The maximum Gasteiger partial charge on any atom is 0.0429 e. The quantitative estimate of drug-likeness (QED) is 0.622. The van der Waals surface area contributed by atoms with Crippen LogP contribution in [-0.2, 0) is 0 Å². The summed E-state index contributed by atoms with van der Waals surface area (Å²) in [7, 11) is 0. The number of alkyl halides is 1. The van der Waals surface area contributed by atoms with Gasteiger partial charge in [-0.05, 0) is 47.3 Å². The Morgan fingerprint density at radius 3 is 2.05 bits per heavy atom. The van der Waals surface area contributed by atoms with E-state index in [0.717, 1.165) is 17.8 Å². The molecule has 0 N–H and O–H groups in total. The second kappa shape index (κ2) is 5.04. The van der Waals surface area contributed by atoms with Gasteiger partial charge in [0.1, 0.15) is 0 Å². The zero-order chi connectivity index (χ0) is 13.5. The van der Waals surface area contributed by atoms with Gasteiger partial charge in [-0.3, -0.25) is 0 Å². The molecule has 2 saturated carbocycles. The third-order valence-electron chi connectivity index (χ3n) is 5.15. The van der Waals surface area contributed by atoms with Crippen LogP contribution in [0.5, 0.6) is 0 Å². The highest BCUT2D eigenvalue weighted by atomic mass is 79.9. The van der Waals surface area contributed by atoms with Crippen molar-refractivity contribution in [2.24, 2.45) is 17.8 Å². The molecule has 20 heavy (non-hydrogen) atoms. The molecule has 2 fully saturated rings. The van der Waals surface area contributed by atoms with Gasteiger partial charge in [-0.2, -0.15) is 0 Å². The van der Waals surface area contributed by atoms with E-state index in [0.29, 0.717) is 4.83 Å². The number of halogens is 1. The molecule has 4 rings (SSSR count). The van der Waals surface area contributed by atoms with Crippen molar-refractivity contribution >= 4 is 15.9 Å². The smallest absolute Gasteiger partial charge is 0.0429 e. The van der Waals surface area contributed by atoms with Crippen LogP contribution >= 0.6 is 15.9 Å². The van der Waals surface area contributed by atoms with Gasteiger partial charge in [-0.1, -0.05) is 76.9 Å². The standard InChI is InChI=1S/C19H19Br/c20-19(18-16-7-4-8-17(16)18)15-11-9-14(10-12-15)13-5-2-1-3-6-13/h1-3,5-6,9-12,16-19H,4,7-8H2. The third kappa shape index (κ3) is 2.13. The highest BCUT2D eigenvalue weighted by Gasteiger charge is 2.55. The van der Waals surface area contributed by atoms with Crippen LogP contribution in [0, 0.1) is 17.8 Å². The monoisotopic (exact) mass is 326 g/mol. The second-order valence-electron chi connectivity index (χ2n) is 6.23. The Bertz CT molecular complexity index is 577. The lowest BCUT2D eigenvalue weighted by Crippen LogP contribution is -1.98. The predicted molar refractivity (Wildman–Crippen MR) is 87.9 cm³/mol. The molecule has 0 nitrogen and oxygen atoms in total. The fourth-order valence-corrected chi connectivity index (χ4v) is 5.11. The number of hydrogen-bond donors (Lipinski definition) is 0. The molecule has 1 heteroatoms. The molecule has 102 valence electrons. The first-order chi connectivity index (χ1) is 9.84. The lowest BCUT2D eigenvalue weighted by atomic mass is 9.99. The molecule has 0 spiro atoms. The first kappa shape index (κ1) is 12.6. The summed E-state index contributed by atoms with van der Waals surface area (Å²) in [6.07, 6.45) is 4.37. The fourth-order valence-electron chi connectivity index (χ4n) is 4.02. The van der Waals surface area contributed by atoms with E-state index in [4.69, 9.17) is 0 Å². The summed E-state index contributed by atoms with van der Waals surface area (Å²) in [5, 5.41) is 0. The van der Waals surface area contributed by atoms with Gasteiger partial charge < -0.3 is 0 Å². The minimum absolute atomic E-state index is 0.558. The van der Waals surface area contributed by atoms with E-state index in [2.05, 4.69) is 70.5 Å². The van der Waals surface area contributed by atoms with E-state index < -0.39 is 0 Å². The fraction of sp³-hybridized carbons (Fsp3) is 0.368. The number of benzene rings is 2. The lowest BCUT2D eigenvalue weighted by molar-refractivity contribution is 0.583. The normalized spacial score (nSPS) is 28.9. The summed E-state index contributed by atoms with van der Waals surface area (Å²) >= 11 is 3.95. The Kier molecular flexibility index (Phi) is 3.18. The van der Waals surface area contributed by atoms with Crippen LogP contribution in [-0.4, -0.2) is 0 Å². The number of hydrogen-bond acceptors (Lipinski definition) is 0. The molecule has 0 heterocycles. The third-order valence-corrected chi connectivity index (χ3v) is 6.29. The molecule has 0 radical (unpaired) electrons. The van der Waals surface area contributed by atoms with Gasteiger partial charge in [0.2, 0.25) is 0 Å². The van der Waals surface area contributed by atoms with Gasteiger partial charge in [-0.15, -0.1) is 0 Å². The Balaban J connectivity index is 1.53. The molecule has 3 atom stereocenters. The average Bonchev–Trinajstić information content (AvgIpc) is 2.99. The molecule has 0 aromatic heterocycles. The summed E-state index contributed by atoms with van der Waals surface area (Å²) in [5.41, 5.74) is 4.06. The molecule has 0 saturated heterocycles. The van der Waals surface area contributed by atoms with Gasteiger partial charge in [0.25, 0.3) is 0 Å². The zero-order valence-corrected chi connectivity index (χ0v) is 13.1. The van der Waals surface area contributed by atoms with Crippen molar-refractivity contribution in [3.8, 4) is 11.1 Å². The van der Waals surface area contributed by atoms with Crippen LogP contribution < -0.4 is 0 Å². The molecule has 2 aromatic rings. The molecule has 2 aromatic carbocycles. The Morgan fingerprint density at radius 1 is 0.800 bits per heavy atom. The first-order valence-corrected chi connectivity index (χ1v) is 8.55. The van der Waals surface area contributed by atoms with E-state index in [1.54, 1.807) is 0 Å². The molecular weight excluding hydrogens is 308 g/mol. The van der Waals surface area contributed by atoms with Crippen LogP contribution in [0.1, 0.15) is 29.7 Å². The molecule has 3 unspecified atom stereocenters. The Labute approximate surface area is 129 Å². The summed E-state index contributed by atoms with van der Waals surface area (Å²) in [6, 6.07) is 19.7. The van der Waals surface area contributed by atoms with E-state index in [9.17, 15) is 0 Å². The maximum absolute atomic E-state index is 3.95. The van der Waals surface area contributed by atoms with Gasteiger partial charge in [0.15, 0.2) is 0 Å². The number of rotatable bonds is 3.